The molecule has 8 heteroatoms. The Morgan fingerprint density at radius 3 is 2.78 bits per heavy atom. The molecule has 8 N–H and O–H groups in total. The zero-order valence-corrected chi connectivity index (χ0v) is 22.5. The lowest BCUT2D eigenvalue weighted by Gasteiger charge is -2.19. The van der Waals surface area contributed by atoms with Gasteiger partial charge in [-0.15, -0.1) is 11.8 Å². The highest BCUT2D eigenvalue weighted by molar-refractivity contribution is 7.99. The van der Waals surface area contributed by atoms with Crippen LogP contribution in [0.15, 0.2) is 77.5 Å². The average Bonchev–Trinajstić information content (AvgIpc) is 3.07. The van der Waals surface area contributed by atoms with Gasteiger partial charge in [0.1, 0.15) is 0 Å². The molecule has 0 bridgehead atoms. The Hall–Kier alpha value is -2.94. The van der Waals surface area contributed by atoms with Crippen LogP contribution in [0.2, 0.25) is 0 Å². The van der Waals surface area contributed by atoms with Crippen LogP contribution in [0.25, 0.3) is 6.08 Å². The first-order chi connectivity index (χ1) is 17.3. The van der Waals surface area contributed by atoms with Gasteiger partial charge in [-0.1, -0.05) is 57.7 Å². The van der Waals surface area contributed by atoms with Crippen LogP contribution in [0.3, 0.4) is 0 Å². The monoisotopic (exact) mass is 510 g/mol. The molecule has 1 aromatic carbocycles. The normalized spacial score (nSPS) is 16.1. The Morgan fingerprint density at radius 2 is 2.06 bits per heavy atom. The van der Waals surface area contributed by atoms with Crippen molar-refractivity contribution in [3.05, 3.63) is 78.2 Å². The number of hydrogen-bond donors (Lipinski definition) is 6. The molecule has 1 aliphatic carbocycles. The van der Waals surface area contributed by atoms with E-state index in [0.717, 1.165) is 29.1 Å². The lowest BCUT2D eigenvalue weighted by atomic mass is 10.1. The van der Waals surface area contributed by atoms with Crippen molar-refractivity contribution >= 4 is 29.4 Å². The van der Waals surface area contributed by atoms with Gasteiger partial charge < -0.3 is 27.4 Å². The molecule has 36 heavy (non-hydrogen) atoms. The SMILES string of the molecule is C=C(N)C1C=CC=C(CNC(=O)CNCC(N/C=C/c2cc(N)cc(SCC(C)C)c2)NCC)C=C1. The molecule has 0 heterocycles. The average molecular weight is 511 g/mol. The molecule has 2 atom stereocenters. The van der Waals surface area contributed by atoms with Crippen molar-refractivity contribution in [3.8, 4) is 0 Å². The van der Waals surface area contributed by atoms with Gasteiger partial charge in [0.25, 0.3) is 0 Å². The van der Waals surface area contributed by atoms with Crippen LogP contribution < -0.4 is 32.7 Å². The van der Waals surface area contributed by atoms with E-state index >= 15 is 0 Å². The second kappa shape index (κ2) is 15.9. The predicted molar refractivity (Wildman–Crippen MR) is 155 cm³/mol. The zero-order chi connectivity index (χ0) is 26.3. The van der Waals surface area contributed by atoms with Crippen molar-refractivity contribution in [2.24, 2.45) is 17.6 Å². The number of benzene rings is 1. The second-order valence-electron chi connectivity index (χ2n) is 9.14. The Kier molecular flexibility index (Phi) is 13.0. The predicted octanol–water partition coefficient (Wildman–Crippen LogP) is 3.36. The van der Waals surface area contributed by atoms with Crippen molar-refractivity contribution in [1.29, 1.82) is 0 Å². The van der Waals surface area contributed by atoms with Gasteiger partial charge in [-0.3, -0.25) is 10.1 Å². The van der Waals surface area contributed by atoms with E-state index in [1.165, 1.54) is 4.90 Å². The molecule has 1 aliphatic rings. The summed E-state index contributed by atoms with van der Waals surface area (Å²) in [6.45, 7) is 12.3. The van der Waals surface area contributed by atoms with Crippen LogP contribution in [-0.4, -0.2) is 44.0 Å². The fourth-order valence-corrected chi connectivity index (χ4v) is 4.35. The summed E-state index contributed by atoms with van der Waals surface area (Å²) in [4.78, 5) is 13.5. The first-order valence-corrected chi connectivity index (χ1v) is 13.4. The summed E-state index contributed by atoms with van der Waals surface area (Å²) in [7, 11) is 0. The van der Waals surface area contributed by atoms with Gasteiger partial charge in [0.15, 0.2) is 0 Å². The molecule has 0 saturated carbocycles. The first-order valence-electron chi connectivity index (χ1n) is 12.4. The van der Waals surface area contributed by atoms with E-state index in [1.54, 1.807) is 0 Å². The van der Waals surface area contributed by atoms with Gasteiger partial charge in [0, 0.05) is 41.0 Å². The van der Waals surface area contributed by atoms with E-state index in [9.17, 15) is 4.79 Å². The van der Waals surface area contributed by atoms with Crippen LogP contribution >= 0.6 is 11.8 Å². The highest BCUT2D eigenvalue weighted by Crippen LogP contribution is 2.25. The summed E-state index contributed by atoms with van der Waals surface area (Å²) in [6.07, 6.45) is 13.8. The van der Waals surface area contributed by atoms with Crippen molar-refractivity contribution in [2.45, 2.75) is 31.8 Å². The molecule has 0 spiro atoms. The molecule has 0 saturated heterocycles. The van der Waals surface area contributed by atoms with Crippen LogP contribution in [-0.2, 0) is 4.79 Å². The van der Waals surface area contributed by atoms with Crippen LogP contribution in [0.1, 0.15) is 26.3 Å². The standard InChI is InChI=1S/C28H42N6OS/c1-5-32-27(33-12-11-23-13-25(30)15-26(14-23)36-19-20(2)3)17-31-18-28(35)34-16-22-7-6-8-24(10-9-22)21(4)29/h6-15,20,24,27,31-33H,4-5,16-19,29-30H2,1-3H3,(H,34,35)/b12-11+. The van der Waals surface area contributed by atoms with E-state index < -0.39 is 0 Å². The maximum Gasteiger partial charge on any atom is 0.234 e. The molecule has 2 unspecified atom stereocenters. The van der Waals surface area contributed by atoms with E-state index in [1.807, 2.05) is 73.5 Å². The summed E-state index contributed by atoms with van der Waals surface area (Å²) in [5.74, 6) is 1.64. The Bertz CT molecular complexity index is 982. The third-order valence-corrected chi connectivity index (χ3v) is 6.66. The van der Waals surface area contributed by atoms with Crippen molar-refractivity contribution in [3.63, 3.8) is 0 Å². The van der Waals surface area contributed by atoms with Gasteiger partial charge in [0.2, 0.25) is 5.91 Å². The highest BCUT2D eigenvalue weighted by atomic mass is 32.2. The van der Waals surface area contributed by atoms with Crippen LogP contribution in [0, 0.1) is 11.8 Å². The smallest absolute Gasteiger partial charge is 0.234 e. The molecule has 0 fully saturated rings. The molecule has 7 nitrogen and oxygen atoms in total. The van der Waals surface area contributed by atoms with Gasteiger partial charge >= 0.3 is 0 Å². The number of carbonyl (C=O) groups is 1. The van der Waals surface area contributed by atoms with Crippen molar-refractivity contribution < 1.29 is 4.79 Å². The minimum absolute atomic E-state index is 0.0192. The maximum absolute atomic E-state index is 12.3. The summed E-state index contributed by atoms with van der Waals surface area (Å²) in [5.41, 5.74) is 15.3. The molecule has 1 amide bonds. The van der Waals surface area contributed by atoms with Gasteiger partial charge in [-0.25, -0.2) is 0 Å². The third kappa shape index (κ3) is 11.7. The number of anilines is 1. The number of allylic oxidation sites excluding steroid dienone is 3. The minimum Gasteiger partial charge on any atom is -0.402 e. The number of amides is 1. The van der Waals surface area contributed by atoms with E-state index in [0.29, 0.717) is 24.7 Å². The number of thioether (sulfide) groups is 1. The highest BCUT2D eigenvalue weighted by Gasteiger charge is 2.08. The number of likely N-dealkylation sites (N-methyl/N-ethyl adjacent to an activating group) is 1. The number of nitrogen functional groups attached to an aromatic ring is 1. The van der Waals surface area contributed by atoms with Crippen LogP contribution in [0.4, 0.5) is 5.69 Å². The molecular weight excluding hydrogens is 468 g/mol. The number of nitrogens with one attached hydrogen (secondary N) is 4. The van der Waals surface area contributed by atoms with Gasteiger partial charge in [0.05, 0.1) is 12.7 Å². The van der Waals surface area contributed by atoms with Crippen molar-refractivity contribution in [2.75, 3.05) is 37.7 Å². The number of nitrogens with two attached hydrogens (primary N) is 2. The fraction of sp³-hybridized carbons (Fsp3) is 0.393. The number of carbonyl (C=O) groups excluding carboxylic acids is 1. The lowest BCUT2D eigenvalue weighted by Crippen LogP contribution is -2.48. The minimum atomic E-state index is -0.0608. The lowest BCUT2D eigenvalue weighted by molar-refractivity contribution is -0.120. The summed E-state index contributed by atoms with van der Waals surface area (Å²) in [6, 6.07) is 6.12. The molecule has 196 valence electrons. The molecule has 1 aromatic rings. The Balaban J connectivity index is 1.77. The van der Waals surface area contributed by atoms with E-state index in [4.69, 9.17) is 11.5 Å². The topological polar surface area (TPSA) is 117 Å². The quantitative estimate of drug-likeness (QED) is 0.122. The molecule has 0 aliphatic heterocycles. The Labute approximate surface area is 220 Å². The van der Waals surface area contributed by atoms with E-state index in [2.05, 4.69) is 47.8 Å². The summed E-state index contributed by atoms with van der Waals surface area (Å²) < 4.78 is 0. The maximum atomic E-state index is 12.3. The van der Waals surface area contributed by atoms with Gasteiger partial charge in [-0.05, 0) is 54.1 Å². The van der Waals surface area contributed by atoms with Crippen molar-refractivity contribution in [1.82, 2.24) is 21.3 Å². The largest absolute Gasteiger partial charge is 0.402 e. The van der Waals surface area contributed by atoms with E-state index in [-0.39, 0.29) is 24.5 Å². The fourth-order valence-electron chi connectivity index (χ4n) is 3.39. The first kappa shape index (κ1) is 29.3. The Morgan fingerprint density at radius 1 is 1.25 bits per heavy atom. The zero-order valence-electron chi connectivity index (χ0n) is 21.7. The molecule has 0 radical (unpaired) electrons. The molecular formula is C28H42N6OS. The van der Waals surface area contributed by atoms with Gasteiger partial charge in [-0.2, -0.15) is 0 Å². The number of rotatable bonds is 15. The number of hydrogen-bond acceptors (Lipinski definition) is 7. The molecule has 2 rings (SSSR count). The van der Waals surface area contributed by atoms with Crippen LogP contribution in [0.5, 0.6) is 0 Å². The third-order valence-electron chi connectivity index (χ3n) is 5.26. The summed E-state index contributed by atoms with van der Waals surface area (Å²) >= 11 is 1.82. The summed E-state index contributed by atoms with van der Waals surface area (Å²) in [5, 5.41) is 12.9. The second-order valence-corrected chi connectivity index (χ2v) is 10.2. The molecule has 0 aromatic heterocycles.